The van der Waals surface area contributed by atoms with E-state index in [0.29, 0.717) is 30.0 Å². The number of likely N-dealkylation sites (tertiary alicyclic amines) is 1. The molecule has 1 aromatic rings. The Labute approximate surface area is 109 Å². The Bertz CT molecular complexity index is 542. The van der Waals surface area contributed by atoms with Gasteiger partial charge in [0.15, 0.2) is 11.5 Å². The molecule has 0 bridgehead atoms. The van der Waals surface area contributed by atoms with E-state index in [1.807, 2.05) is 0 Å². The van der Waals surface area contributed by atoms with E-state index in [2.05, 4.69) is 0 Å². The van der Waals surface area contributed by atoms with Crippen molar-refractivity contribution in [2.24, 2.45) is 5.92 Å². The minimum absolute atomic E-state index is 0.164. The first kappa shape index (κ1) is 11.8. The summed E-state index contributed by atoms with van der Waals surface area (Å²) in [6.07, 6.45) is 0.506. The van der Waals surface area contributed by atoms with Gasteiger partial charge in [0.05, 0.1) is 5.92 Å². The summed E-state index contributed by atoms with van der Waals surface area (Å²) >= 11 is 0. The van der Waals surface area contributed by atoms with Gasteiger partial charge in [0.25, 0.3) is 5.91 Å². The van der Waals surface area contributed by atoms with Crippen LogP contribution in [0.2, 0.25) is 0 Å². The Morgan fingerprint density at radius 2 is 2.05 bits per heavy atom. The number of ether oxygens (including phenoxy) is 2. The molecule has 1 fully saturated rings. The molecule has 0 aliphatic carbocycles. The average molecular weight is 263 g/mol. The number of amides is 1. The lowest BCUT2D eigenvalue weighted by Crippen LogP contribution is -2.29. The maximum atomic E-state index is 12.3. The lowest BCUT2D eigenvalue weighted by molar-refractivity contribution is -0.141. The summed E-state index contributed by atoms with van der Waals surface area (Å²) < 4.78 is 10.4. The fraction of sp³-hybridized carbons (Fsp3) is 0.385. The van der Waals surface area contributed by atoms with Crippen LogP contribution in [-0.2, 0) is 4.79 Å². The van der Waals surface area contributed by atoms with Crippen LogP contribution in [0.25, 0.3) is 0 Å². The maximum absolute atomic E-state index is 12.3. The van der Waals surface area contributed by atoms with Crippen LogP contribution >= 0.6 is 0 Å². The fourth-order valence-corrected chi connectivity index (χ4v) is 2.36. The number of carboxylic acid groups (broad SMARTS) is 1. The van der Waals surface area contributed by atoms with Gasteiger partial charge < -0.3 is 19.5 Å². The van der Waals surface area contributed by atoms with Gasteiger partial charge in [-0.25, -0.2) is 0 Å². The standard InChI is InChI=1S/C13H13NO5/c15-12(14-4-3-9(6-14)13(16)17)8-1-2-10-11(5-8)19-7-18-10/h1-2,5,9H,3-4,6-7H2,(H,16,17). The third kappa shape index (κ3) is 2.09. The van der Waals surface area contributed by atoms with Gasteiger partial charge in [0, 0.05) is 18.7 Å². The summed E-state index contributed by atoms with van der Waals surface area (Å²) in [6, 6.07) is 5.00. The zero-order valence-electron chi connectivity index (χ0n) is 10.2. The second-order valence-corrected chi connectivity index (χ2v) is 4.64. The number of aliphatic carboxylic acids is 1. The Hall–Kier alpha value is -2.24. The molecule has 0 spiro atoms. The fourth-order valence-electron chi connectivity index (χ4n) is 2.36. The molecule has 2 aliphatic rings. The predicted octanol–water partition coefficient (Wildman–Crippen LogP) is 0.962. The first-order valence-corrected chi connectivity index (χ1v) is 6.07. The smallest absolute Gasteiger partial charge is 0.308 e. The molecule has 1 saturated heterocycles. The summed E-state index contributed by atoms with van der Waals surface area (Å²) in [7, 11) is 0. The lowest BCUT2D eigenvalue weighted by atomic mass is 10.1. The minimum Gasteiger partial charge on any atom is -0.481 e. The summed E-state index contributed by atoms with van der Waals surface area (Å²) in [5.74, 6) is -0.290. The summed E-state index contributed by atoms with van der Waals surface area (Å²) in [4.78, 5) is 24.7. The molecule has 6 heteroatoms. The number of hydrogen-bond acceptors (Lipinski definition) is 4. The van der Waals surface area contributed by atoms with Crippen molar-refractivity contribution in [3.63, 3.8) is 0 Å². The number of carbonyl (C=O) groups is 2. The van der Waals surface area contributed by atoms with Gasteiger partial charge in [0.2, 0.25) is 6.79 Å². The van der Waals surface area contributed by atoms with Gasteiger partial charge in [-0.15, -0.1) is 0 Å². The number of nitrogens with zero attached hydrogens (tertiary/aromatic N) is 1. The average Bonchev–Trinajstić information content (AvgIpc) is 3.06. The van der Waals surface area contributed by atoms with Gasteiger partial charge in [-0.1, -0.05) is 0 Å². The number of carbonyl (C=O) groups excluding carboxylic acids is 1. The largest absolute Gasteiger partial charge is 0.481 e. The van der Waals surface area contributed by atoms with Crippen molar-refractivity contribution >= 4 is 11.9 Å². The van der Waals surface area contributed by atoms with E-state index in [-0.39, 0.29) is 19.2 Å². The van der Waals surface area contributed by atoms with Crippen LogP contribution in [-0.4, -0.2) is 41.8 Å². The van der Waals surface area contributed by atoms with Crippen molar-refractivity contribution in [2.75, 3.05) is 19.9 Å². The highest BCUT2D eigenvalue weighted by Crippen LogP contribution is 2.33. The van der Waals surface area contributed by atoms with Crippen LogP contribution in [0.3, 0.4) is 0 Å². The van der Waals surface area contributed by atoms with Crippen molar-refractivity contribution in [2.45, 2.75) is 6.42 Å². The van der Waals surface area contributed by atoms with E-state index in [1.54, 1.807) is 23.1 Å². The third-order valence-corrected chi connectivity index (χ3v) is 3.44. The zero-order chi connectivity index (χ0) is 13.4. The van der Waals surface area contributed by atoms with Gasteiger partial charge in [-0.2, -0.15) is 0 Å². The van der Waals surface area contributed by atoms with Crippen LogP contribution in [0.15, 0.2) is 18.2 Å². The second kappa shape index (κ2) is 4.46. The minimum atomic E-state index is -0.846. The van der Waals surface area contributed by atoms with Crippen molar-refractivity contribution < 1.29 is 24.2 Å². The van der Waals surface area contributed by atoms with E-state index < -0.39 is 11.9 Å². The van der Waals surface area contributed by atoms with Crippen molar-refractivity contribution in [1.29, 1.82) is 0 Å². The van der Waals surface area contributed by atoms with Gasteiger partial charge in [-0.05, 0) is 24.6 Å². The Morgan fingerprint density at radius 1 is 1.26 bits per heavy atom. The number of carboxylic acids is 1. The van der Waals surface area contributed by atoms with Crippen LogP contribution in [0, 0.1) is 5.92 Å². The first-order chi connectivity index (χ1) is 9.15. The highest BCUT2D eigenvalue weighted by molar-refractivity contribution is 5.95. The summed E-state index contributed by atoms with van der Waals surface area (Å²) in [5, 5.41) is 8.94. The predicted molar refractivity (Wildman–Crippen MR) is 64.2 cm³/mol. The van der Waals surface area contributed by atoms with E-state index in [0.717, 1.165) is 0 Å². The molecule has 1 atom stereocenters. The van der Waals surface area contributed by atoms with Crippen LogP contribution < -0.4 is 9.47 Å². The number of fused-ring (bicyclic) bond motifs is 1. The molecule has 1 unspecified atom stereocenters. The molecule has 1 amide bonds. The molecule has 6 nitrogen and oxygen atoms in total. The van der Waals surface area contributed by atoms with E-state index in [1.165, 1.54) is 0 Å². The van der Waals surface area contributed by atoms with E-state index in [9.17, 15) is 9.59 Å². The highest BCUT2D eigenvalue weighted by atomic mass is 16.7. The Morgan fingerprint density at radius 3 is 2.79 bits per heavy atom. The number of rotatable bonds is 2. The molecule has 19 heavy (non-hydrogen) atoms. The summed E-state index contributed by atoms with van der Waals surface area (Å²) in [5.41, 5.74) is 0.496. The van der Waals surface area contributed by atoms with Gasteiger partial charge >= 0.3 is 5.97 Å². The molecule has 3 rings (SSSR count). The monoisotopic (exact) mass is 263 g/mol. The first-order valence-electron chi connectivity index (χ1n) is 6.07. The molecular formula is C13H13NO5. The Balaban J connectivity index is 1.76. The molecule has 0 aromatic heterocycles. The topological polar surface area (TPSA) is 76.1 Å². The van der Waals surface area contributed by atoms with Gasteiger partial charge in [-0.3, -0.25) is 9.59 Å². The van der Waals surface area contributed by atoms with Crippen molar-refractivity contribution in [1.82, 2.24) is 4.90 Å². The third-order valence-electron chi connectivity index (χ3n) is 3.44. The molecule has 100 valence electrons. The van der Waals surface area contributed by atoms with Gasteiger partial charge in [0.1, 0.15) is 0 Å². The quantitative estimate of drug-likeness (QED) is 0.860. The highest BCUT2D eigenvalue weighted by Gasteiger charge is 2.31. The maximum Gasteiger partial charge on any atom is 0.308 e. The normalized spacial score (nSPS) is 20.6. The molecular weight excluding hydrogens is 250 g/mol. The van der Waals surface area contributed by atoms with E-state index >= 15 is 0 Å². The molecule has 2 aliphatic heterocycles. The second-order valence-electron chi connectivity index (χ2n) is 4.64. The van der Waals surface area contributed by atoms with E-state index in [4.69, 9.17) is 14.6 Å². The molecule has 1 N–H and O–H groups in total. The molecule has 0 radical (unpaired) electrons. The van der Waals surface area contributed by atoms with Crippen LogP contribution in [0.1, 0.15) is 16.8 Å². The summed E-state index contributed by atoms with van der Waals surface area (Å²) in [6.45, 7) is 0.907. The lowest BCUT2D eigenvalue weighted by Gasteiger charge is -2.15. The van der Waals surface area contributed by atoms with Crippen LogP contribution in [0.4, 0.5) is 0 Å². The molecule has 0 saturated carbocycles. The number of hydrogen-bond donors (Lipinski definition) is 1. The zero-order valence-corrected chi connectivity index (χ0v) is 10.2. The molecule has 1 aromatic carbocycles. The van der Waals surface area contributed by atoms with Crippen molar-refractivity contribution in [3.8, 4) is 11.5 Å². The number of benzene rings is 1. The van der Waals surface area contributed by atoms with Crippen molar-refractivity contribution in [3.05, 3.63) is 23.8 Å². The Kier molecular flexibility index (Phi) is 2.77. The SMILES string of the molecule is O=C(O)C1CCN(C(=O)c2ccc3c(c2)OCO3)C1. The molecule has 2 heterocycles. The van der Waals surface area contributed by atoms with Crippen LogP contribution in [0.5, 0.6) is 11.5 Å².